The maximum absolute atomic E-state index is 11.8. The van der Waals surface area contributed by atoms with E-state index in [2.05, 4.69) is 74.0 Å². The fourth-order valence-electron chi connectivity index (χ4n) is 4.40. The molecule has 44 heavy (non-hydrogen) atoms. The third-order valence-electron chi connectivity index (χ3n) is 6.45. The van der Waals surface area contributed by atoms with Crippen molar-refractivity contribution in [2.45, 2.75) is 127 Å². The number of benzene rings is 1. The summed E-state index contributed by atoms with van der Waals surface area (Å²) < 4.78 is 0. The Morgan fingerprint density at radius 1 is 1.00 bits per heavy atom. The first kappa shape index (κ1) is 42.6. The summed E-state index contributed by atoms with van der Waals surface area (Å²) in [6.45, 7) is 28.1. The van der Waals surface area contributed by atoms with Crippen molar-refractivity contribution in [2.75, 3.05) is 0 Å². The highest BCUT2D eigenvalue weighted by Gasteiger charge is 2.14. The highest BCUT2D eigenvalue weighted by Crippen LogP contribution is 2.30. The number of imidazole rings is 1. The summed E-state index contributed by atoms with van der Waals surface area (Å²) in [5.41, 5.74) is 7.83. The molecule has 0 saturated heterocycles. The second-order valence-corrected chi connectivity index (χ2v) is 9.61. The first-order valence-corrected chi connectivity index (χ1v) is 17.0. The predicted octanol–water partition coefficient (Wildman–Crippen LogP) is 12.8. The Morgan fingerprint density at radius 3 is 2.27 bits per heavy atom. The smallest absolute Gasteiger partial charge is 0.156 e. The Labute approximate surface area is 274 Å². The van der Waals surface area contributed by atoms with Gasteiger partial charge in [0.1, 0.15) is 5.82 Å². The molecule has 0 amide bonds. The molecule has 248 valence electrons. The van der Waals surface area contributed by atoms with Crippen molar-refractivity contribution >= 4 is 23.6 Å². The minimum absolute atomic E-state index is 0. The van der Waals surface area contributed by atoms with Crippen LogP contribution in [0.5, 0.6) is 0 Å². The second kappa shape index (κ2) is 28.3. The van der Waals surface area contributed by atoms with Gasteiger partial charge < -0.3 is 4.98 Å². The molecule has 0 radical (unpaired) electrons. The first-order chi connectivity index (χ1) is 21.5. The Hall–Kier alpha value is -3.53. The van der Waals surface area contributed by atoms with E-state index in [9.17, 15) is 4.79 Å². The molecule has 1 aliphatic rings. The monoisotopic (exact) mass is 606 g/mol. The van der Waals surface area contributed by atoms with E-state index < -0.39 is 0 Å². The van der Waals surface area contributed by atoms with Gasteiger partial charge in [-0.1, -0.05) is 118 Å². The maximum atomic E-state index is 11.8. The quantitative estimate of drug-likeness (QED) is 0.149. The third-order valence-corrected chi connectivity index (χ3v) is 6.45. The lowest BCUT2D eigenvalue weighted by molar-refractivity contribution is -0.114. The Kier molecular flexibility index (Phi) is 27.4. The molecule has 0 spiro atoms. The molecule has 0 saturated carbocycles. The van der Waals surface area contributed by atoms with Crippen molar-refractivity contribution in [1.82, 2.24) is 9.97 Å². The number of nitrogens with one attached hydrogen (secondary N) is 1. The van der Waals surface area contributed by atoms with Crippen LogP contribution in [0.25, 0.3) is 23.4 Å². The van der Waals surface area contributed by atoms with Gasteiger partial charge in [0.25, 0.3) is 0 Å². The van der Waals surface area contributed by atoms with Gasteiger partial charge in [-0.2, -0.15) is 0 Å². The van der Waals surface area contributed by atoms with Crippen molar-refractivity contribution in [2.24, 2.45) is 4.99 Å². The highest BCUT2D eigenvalue weighted by molar-refractivity contribution is 5.98. The number of fused-ring (bicyclic) bond motifs is 1. The Morgan fingerprint density at radius 2 is 1.66 bits per heavy atom. The molecular weight excluding hydrogens is 538 g/mol. The summed E-state index contributed by atoms with van der Waals surface area (Å²) in [7, 11) is 0. The average Bonchev–Trinajstić information content (AvgIpc) is 3.46. The molecule has 0 fully saturated rings. The lowest BCUT2D eigenvalue weighted by Crippen LogP contribution is -1.97. The molecule has 0 atom stereocenters. The molecule has 0 aliphatic heterocycles. The number of aromatic nitrogens is 2. The molecular formula is C40H67N3O. The molecule has 3 rings (SSSR count). The van der Waals surface area contributed by atoms with Crippen LogP contribution in [-0.2, 0) is 17.6 Å². The largest absolute Gasteiger partial charge is 0.342 e. The molecule has 1 aromatic carbocycles. The molecule has 1 N–H and O–H groups in total. The Balaban J connectivity index is -0.000000730. The molecule has 4 nitrogen and oxygen atoms in total. The number of aryl methyl sites for hydroxylation is 2. The topological polar surface area (TPSA) is 58.1 Å². The number of carbonyl (C=O) groups is 1. The second-order valence-electron chi connectivity index (χ2n) is 9.61. The molecule has 2 aromatic rings. The summed E-state index contributed by atoms with van der Waals surface area (Å²) in [5.74, 6) is 1.19. The number of aliphatic imine (C=N–C) groups is 1. The lowest BCUT2D eigenvalue weighted by atomic mass is 9.95. The zero-order valence-electron chi connectivity index (χ0n) is 29.9. The van der Waals surface area contributed by atoms with Gasteiger partial charge in [-0.05, 0) is 80.0 Å². The van der Waals surface area contributed by atoms with Crippen molar-refractivity contribution < 1.29 is 7.65 Å². The van der Waals surface area contributed by atoms with Gasteiger partial charge >= 0.3 is 0 Å². The van der Waals surface area contributed by atoms with Gasteiger partial charge in [0.15, 0.2) is 5.78 Å². The summed E-state index contributed by atoms with van der Waals surface area (Å²) >= 11 is 0. The van der Waals surface area contributed by atoms with Crippen molar-refractivity contribution in [3.05, 3.63) is 90.1 Å². The van der Waals surface area contributed by atoms with E-state index in [0.29, 0.717) is 6.42 Å². The van der Waals surface area contributed by atoms with E-state index in [1.165, 1.54) is 30.4 Å². The van der Waals surface area contributed by atoms with Crippen LogP contribution in [0.3, 0.4) is 0 Å². The molecule has 0 bridgehead atoms. The summed E-state index contributed by atoms with van der Waals surface area (Å²) in [4.78, 5) is 24.4. The molecule has 1 aliphatic carbocycles. The third kappa shape index (κ3) is 16.4. The minimum atomic E-state index is 0. The molecule has 0 unspecified atom stereocenters. The minimum Gasteiger partial charge on any atom is -0.342 e. The van der Waals surface area contributed by atoms with E-state index in [-0.39, 0.29) is 8.64 Å². The van der Waals surface area contributed by atoms with E-state index in [1.807, 2.05) is 66.0 Å². The fraction of sp³-hybridized carbons (Fsp3) is 0.475. The number of allylic oxidation sites excluding steroid dienone is 5. The standard InChI is InChI=1S/C31H37N3O.C3H8.3C2H6.2H2/c1-5-8-19-32-23(4)24(6-2)13-11-9-10-12-14-31-33-22-30(34-31)29-21-27-16-18-28(35)17-15-26(27)20-25(29)7-3;1-3-2;3*1-2;;/h5-8,16,18-22H,1,3,9-15,17H2,2,4H3,(H,33,34);3H2,1-2H3;3*1-2H3;2*1H/b19-8-,24-6-,32-23-;;;;;;. The van der Waals surface area contributed by atoms with E-state index >= 15 is 0 Å². The van der Waals surface area contributed by atoms with E-state index in [4.69, 9.17) is 0 Å². The molecule has 1 aromatic heterocycles. The normalized spacial score (nSPS) is 12.2. The number of ketones is 1. The van der Waals surface area contributed by atoms with Crippen LogP contribution in [0.1, 0.15) is 140 Å². The summed E-state index contributed by atoms with van der Waals surface area (Å²) in [6, 6.07) is 4.30. The van der Waals surface area contributed by atoms with Crippen LogP contribution < -0.4 is 0 Å². The van der Waals surface area contributed by atoms with Gasteiger partial charge in [0.2, 0.25) is 0 Å². The number of unbranched alkanes of at least 4 members (excludes halogenated alkanes) is 3. The predicted molar refractivity (Wildman–Crippen MR) is 204 cm³/mol. The van der Waals surface area contributed by atoms with Gasteiger partial charge in [-0.15, -0.1) is 0 Å². The summed E-state index contributed by atoms with van der Waals surface area (Å²) in [6.07, 6.45) is 24.2. The van der Waals surface area contributed by atoms with Crippen LogP contribution in [0.15, 0.2) is 72.6 Å². The number of carbonyl (C=O) groups excluding carboxylic acids is 1. The number of nitrogens with zero attached hydrogens (tertiary/aromatic N) is 2. The van der Waals surface area contributed by atoms with Crippen LogP contribution in [0.2, 0.25) is 0 Å². The van der Waals surface area contributed by atoms with Gasteiger partial charge in [-0.25, -0.2) is 4.98 Å². The Bertz CT molecular complexity index is 1200. The van der Waals surface area contributed by atoms with Crippen molar-refractivity contribution in [3.8, 4) is 11.3 Å². The molecule has 4 heteroatoms. The van der Waals surface area contributed by atoms with Crippen LogP contribution in [-0.4, -0.2) is 21.5 Å². The summed E-state index contributed by atoms with van der Waals surface area (Å²) in [5, 5.41) is 0. The van der Waals surface area contributed by atoms with Crippen molar-refractivity contribution in [1.29, 1.82) is 0 Å². The van der Waals surface area contributed by atoms with Crippen LogP contribution in [0.4, 0.5) is 0 Å². The number of H-pyrrole nitrogens is 1. The van der Waals surface area contributed by atoms with Gasteiger partial charge in [0, 0.05) is 33.2 Å². The number of hydrogen-bond donors (Lipinski definition) is 1. The van der Waals surface area contributed by atoms with E-state index in [0.717, 1.165) is 66.0 Å². The SMILES string of the molecule is C=C\C=C/N=C(C)\C(=C/C)CCCCCCc1ncc(-c2cc3c(cc2C=C)CCC(=O)C=C3)[nH]1.CC.CC.CC.CCC.[HH].[HH]. The zero-order chi connectivity index (χ0) is 33.8. The van der Waals surface area contributed by atoms with Gasteiger partial charge in [0.05, 0.1) is 11.9 Å². The highest BCUT2D eigenvalue weighted by atomic mass is 16.1. The zero-order valence-corrected chi connectivity index (χ0v) is 29.9. The van der Waals surface area contributed by atoms with Gasteiger partial charge in [-0.3, -0.25) is 9.79 Å². The van der Waals surface area contributed by atoms with Crippen LogP contribution >= 0.6 is 0 Å². The fourth-order valence-corrected chi connectivity index (χ4v) is 4.40. The van der Waals surface area contributed by atoms with E-state index in [1.54, 1.807) is 18.4 Å². The number of hydrogen-bond acceptors (Lipinski definition) is 3. The first-order valence-electron chi connectivity index (χ1n) is 17.0. The van der Waals surface area contributed by atoms with Crippen molar-refractivity contribution in [3.63, 3.8) is 0 Å². The number of aromatic amines is 1. The van der Waals surface area contributed by atoms with Crippen LogP contribution in [0, 0.1) is 0 Å². The lowest BCUT2D eigenvalue weighted by Gasteiger charge is -2.10. The average molecular weight is 606 g/mol. The number of rotatable bonds is 12. The molecule has 1 heterocycles. The maximum Gasteiger partial charge on any atom is 0.156 e.